The van der Waals surface area contributed by atoms with Gasteiger partial charge in [0.1, 0.15) is 5.76 Å². The fourth-order valence-electron chi connectivity index (χ4n) is 3.46. The lowest BCUT2D eigenvalue weighted by molar-refractivity contribution is -0.246. The Bertz CT molecular complexity index is 470. The zero-order valence-corrected chi connectivity index (χ0v) is 15.1. The van der Waals surface area contributed by atoms with E-state index in [1.165, 1.54) is 12.8 Å². The molecule has 2 aliphatic carbocycles. The number of allylic oxidation sites excluding steroid dienone is 3. The predicted molar refractivity (Wildman–Crippen MR) is 90.7 cm³/mol. The van der Waals surface area contributed by atoms with Crippen LogP contribution >= 0.6 is 0 Å². The highest BCUT2D eigenvalue weighted by Gasteiger charge is 2.39. The molecule has 132 valence electrons. The van der Waals surface area contributed by atoms with Gasteiger partial charge in [0.2, 0.25) is 0 Å². The topological polar surface area (TPSA) is 58.9 Å². The van der Waals surface area contributed by atoms with Crippen LogP contribution in [0.2, 0.25) is 0 Å². The molecule has 3 atom stereocenters. The number of fused-ring (bicyclic) bond motifs is 1. The van der Waals surface area contributed by atoms with Gasteiger partial charge in [-0.1, -0.05) is 18.9 Å². The van der Waals surface area contributed by atoms with Crippen molar-refractivity contribution in [2.75, 3.05) is 6.61 Å². The molecule has 0 radical (unpaired) electrons. The Morgan fingerprint density at radius 1 is 1.09 bits per heavy atom. The van der Waals surface area contributed by atoms with Gasteiger partial charge in [-0.2, -0.15) is 0 Å². The maximum absolute atomic E-state index is 10.4. The zero-order valence-electron chi connectivity index (χ0n) is 15.1. The molecule has 0 aromatic rings. The molecule has 1 saturated carbocycles. The fraction of sp³-hybridized carbons (Fsp3) is 0.789. The van der Waals surface area contributed by atoms with Gasteiger partial charge in [-0.3, -0.25) is 0 Å². The third kappa shape index (κ3) is 4.59. The van der Waals surface area contributed by atoms with Gasteiger partial charge in [0, 0.05) is 5.92 Å². The lowest BCUT2D eigenvalue weighted by Gasteiger charge is -2.41. The summed E-state index contributed by atoms with van der Waals surface area (Å²) in [7, 11) is 0. The van der Waals surface area contributed by atoms with Crippen molar-refractivity contribution in [1.82, 2.24) is 0 Å². The number of ether oxygens (including phenoxy) is 2. The Morgan fingerprint density at radius 3 is 2.26 bits per heavy atom. The zero-order chi connectivity index (χ0) is 17.3. The maximum Gasteiger partial charge on any atom is 0.195 e. The van der Waals surface area contributed by atoms with E-state index in [2.05, 4.69) is 0 Å². The Hall–Kier alpha value is -0.840. The van der Waals surface area contributed by atoms with Gasteiger partial charge < -0.3 is 19.7 Å². The number of hydrogen-bond donors (Lipinski definition) is 2. The summed E-state index contributed by atoms with van der Waals surface area (Å²) in [6, 6.07) is 0. The van der Waals surface area contributed by atoms with Gasteiger partial charge in [-0.05, 0) is 65.0 Å². The molecule has 4 heteroatoms. The van der Waals surface area contributed by atoms with Crippen molar-refractivity contribution in [3.05, 3.63) is 23.5 Å². The quantitative estimate of drug-likeness (QED) is 0.760. The summed E-state index contributed by atoms with van der Waals surface area (Å²) >= 11 is 0. The molecule has 0 spiro atoms. The van der Waals surface area contributed by atoms with E-state index in [0.717, 1.165) is 24.2 Å². The summed E-state index contributed by atoms with van der Waals surface area (Å²) in [6.45, 7) is 9.57. The van der Waals surface area contributed by atoms with E-state index in [-0.39, 0.29) is 6.61 Å². The first-order valence-electron chi connectivity index (χ1n) is 8.70. The van der Waals surface area contributed by atoms with E-state index in [1.54, 1.807) is 0 Å². The van der Waals surface area contributed by atoms with Crippen LogP contribution in [0, 0.1) is 11.8 Å². The smallest absolute Gasteiger partial charge is 0.195 e. The highest BCUT2D eigenvalue weighted by Crippen LogP contribution is 2.43. The van der Waals surface area contributed by atoms with E-state index < -0.39 is 17.5 Å². The Labute approximate surface area is 140 Å². The summed E-state index contributed by atoms with van der Waals surface area (Å²) in [5, 5.41) is 20.0. The van der Waals surface area contributed by atoms with E-state index in [4.69, 9.17) is 9.47 Å². The molecule has 3 unspecified atom stereocenters. The van der Waals surface area contributed by atoms with Gasteiger partial charge in [0.25, 0.3) is 0 Å². The molecule has 0 amide bonds. The predicted octanol–water partition coefficient (Wildman–Crippen LogP) is 3.54. The molecule has 23 heavy (non-hydrogen) atoms. The largest absolute Gasteiger partial charge is 0.487 e. The van der Waals surface area contributed by atoms with Crippen molar-refractivity contribution in [2.24, 2.45) is 11.8 Å². The summed E-state index contributed by atoms with van der Waals surface area (Å²) < 4.78 is 11.9. The fourth-order valence-corrected chi connectivity index (χ4v) is 3.46. The van der Waals surface area contributed by atoms with Crippen LogP contribution in [0.1, 0.15) is 60.3 Å². The summed E-state index contributed by atoms with van der Waals surface area (Å²) in [4.78, 5) is 0. The van der Waals surface area contributed by atoms with Gasteiger partial charge in [-0.15, -0.1) is 0 Å². The molecule has 0 aliphatic heterocycles. The van der Waals surface area contributed by atoms with Crippen molar-refractivity contribution < 1.29 is 19.7 Å². The second-order valence-electron chi connectivity index (χ2n) is 8.25. The van der Waals surface area contributed by atoms with Crippen molar-refractivity contribution in [1.29, 1.82) is 0 Å². The van der Waals surface area contributed by atoms with Crippen molar-refractivity contribution in [3.8, 4) is 0 Å². The minimum absolute atomic E-state index is 0.115. The molecular weight excluding hydrogens is 292 g/mol. The molecule has 0 heterocycles. The van der Waals surface area contributed by atoms with E-state index in [0.29, 0.717) is 11.8 Å². The van der Waals surface area contributed by atoms with E-state index in [9.17, 15) is 10.2 Å². The lowest BCUT2D eigenvalue weighted by atomic mass is 9.72. The number of hydrogen-bond acceptors (Lipinski definition) is 4. The van der Waals surface area contributed by atoms with Crippen LogP contribution in [-0.2, 0) is 9.47 Å². The first kappa shape index (κ1) is 18.5. The highest BCUT2D eigenvalue weighted by atomic mass is 16.6. The van der Waals surface area contributed by atoms with Gasteiger partial charge in [0.05, 0.1) is 12.2 Å². The Kier molecular flexibility index (Phi) is 5.59. The summed E-state index contributed by atoms with van der Waals surface area (Å²) in [5.74, 6) is 1.58. The average Bonchev–Trinajstić information content (AvgIpc) is 2.45. The molecule has 2 aliphatic rings. The van der Waals surface area contributed by atoms with Crippen LogP contribution in [0.25, 0.3) is 0 Å². The molecule has 4 nitrogen and oxygen atoms in total. The molecule has 0 aromatic carbocycles. The third-order valence-electron chi connectivity index (χ3n) is 4.69. The third-order valence-corrected chi connectivity index (χ3v) is 4.69. The van der Waals surface area contributed by atoms with Crippen molar-refractivity contribution >= 4 is 0 Å². The molecule has 0 saturated heterocycles. The monoisotopic (exact) mass is 324 g/mol. The second kappa shape index (κ2) is 6.96. The number of aliphatic hydroxyl groups is 2. The van der Waals surface area contributed by atoms with Gasteiger partial charge in [-0.25, -0.2) is 0 Å². The Balaban J connectivity index is 2.14. The van der Waals surface area contributed by atoms with Crippen molar-refractivity contribution in [2.45, 2.75) is 77.8 Å². The van der Waals surface area contributed by atoms with Crippen molar-refractivity contribution in [3.63, 3.8) is 0 Å². The molecule has 1 fully saturated rings. The van der Waals surface area contributed by atoms with Gasteiger partial charge >= 0.3 is 0 Å². The molecule has 2 N–H and O–H groups in total. The minimum atomic E-state index is -1.01. The number of rotatable bonds is 5. The Morgan fingerprint density at radius 2 is 1.70 bits per heavy atom. The van der Waals surface area contributed by atoms with Crippen LogP contribution in [0.5, 0.6) is 0 Å². The maximum atomic E-state index is 10.4. The average molecular weight is 324 g/mol. The first-order valence-corrected chi connectivity index (χ1v) is 8.70. The summed E-state index contributed by atoms with van der Waals surface area (Å²) in [6.07, 6.45) is 7.49. The highest BCUT2D eigenvalue weighted by molar-refractivity contribution is 5.28. The number of aliphatic hydroxyl groups excluding tert-OH is 2. The summed E-state index contributed by atoms with van der Waals surface area (Å²) in [5.41, 5.74) is -0.157. The van der Waals surface area contributed by atoms with E-state index in [1.807, 2.05) is 46.8 Å². The van der Waals surface area contributed by atoms with Crippen LogP contribution in [0.3, 0.4) is 0 Å². The molecule has 2 rings (SSSR count). The lowest BCUT2D eigenvalue weighted by Crippen LogP contribution is -2.45. The second-order valence-corrected chi connectivity index (χ2v) is 8.25. The van der Waals surface area contributed by atoms with Crippen LogP contribution < -0.4 is 0 Å². The normalized spacial score (nSPS) is 26.9. The van der Waals surface area contributed by atoms with Gasteiger partial charge in [0.15, 0.2) is 11.9 Å². The van der Waals surface area contributed by atoms with E-state index >= 15 is 0 Å². The van der Waals surface area contributed by atoms with Crippen LogP contribution in [-0.4, -0.2) is 34.3 Å². The molecular formula is C19H32O4. The molecule has 0 aromatic heterocycles. The minimum Gasteiger partial charge on any atom is -0.487 e. The standard InChI is InChI=1S/C19H32O4/c1-18(2,3)23-17(21)19(4,5)22-16-11-10-13(12-20)14-8-6-7-9-15(14)16/h10-11,14-15,17,20-21H,6-9,12H2,1-5H3. The SMILES string of the molecule is CC(C)(C)OC(O)C(C)(C)OC1=CC=C(CO)C2CCCCC12. The first-order chi connectivity index (χ1) is 10.6. The van der Waals surface area contributed by atoms with Crippen LogP contribution in [0.4, 0.5) is 0 Å². The van der Waals surface area contributed by atoms with Crippen LogP contribution in [0.15, 0.2) is 23.5 Å². The molecule has 0 bridgehead atoms.